The first-order chi connectivity index (χ1) is 9.32. The molecule has 0 atom stereocenters. The molecule has 0 amide bonds. The van der Waals surface area contributed by atoms with Gasteiger partial charge in [0.2, 0.25) is 5.89 Å². The standard InChI is InChI=1S/C13H22F2N4O/c1-5-16-12(18-7-10(14)15)19-8-11-17-6-9(20-11)13(2,3)4/h6,10H,5,7-8H2,1-4H3,(H2,16,18,19). The van der Waals surface area contributed by atoms with Gasteiger partial charge in [-0.05, 0) is 6.92 Å². The minimum Gasteiger partial charge on any atom is -0.443 e. The number of aliphatic imine (C=N–C) groups is 1. The summed E-state index contributed by atoms with van der Waals surface area (Å²) in [6.07, 6.45) is -0.752. The van der Waals surface area contributed by atoms with Crippen LogP contribution in [0.5, 0.6) is 0 Å². The Morgan fingerprint density at radius 3 is 2.60 bits per heavy atom. The van der Waals surface area contributed by atoms with Gasteiger partial charge in [-0.25, -0.2) is 18.8 Å². The molecule has 1 rings (SSSR count). The maximum atomic E-state index is 12.2. The molecule has 1 heterocycles. The number of aromatic nitrogens is 1. The van der Waals surface area contributed by atoms with Gasteiger partial charge < -0.3 is 15.1 Å². The predicted molar refractivity (Wildman–Crippen MR) is 74.0 cm³/mol. The van der Waals surface area contributed by atoms with Gasteiger partial charge in [-0.3, -0.25) is 0 Å². The Morgan fingerprint density at radius 2 is 2.10 bits per heavy atom. The van der Waals surface area contributed by atoms with Crippen LogP contribution in [0.3, 0.4) is 0 Å². The highest BCUT2D eigenvalue weighted by Crippen LogP contribution is 2.22. The molecule has 2 N–H and O–H groups in total. The lowest BCUT2D eigenvalue weighted by Gasteiger charge is -2.13. The van der Waals surface area contributed by atoms with E-state index in [-0.39, 0.29) is 12.0 Å². The van der Waals surface area contributed by atoms with Crippen molar-refractivity contribution < 1.29 is 13.2 Å². The van der Waals surface area contributed by atoms with Gasteiger partial charge in [0, 0.05) is 12.0 Å². The second-order valence-electron chi connectivity index (χ2n) is 5.34. The summed E-state index contributed by atoms with van der Waals surface area (Å²) in [7, 11) is 0. The average molecular weight is 288 g/mol. The molecule has 7 heteroatoms. The monoisotopic (exact) mass is 288 g/mol. The number of oxazole rings is 1. The van der Waals surface area contributed by atoms with Crippen LogP contribution < -0.4 is 10.6 Å². The number of nitrogens with zero attached hydrogens (tertiary/aromatic N) is 2. The molecule has 114 valence electrons. The van der Waals surface area contributed by atoms with E-state index in [1.165, 1.54) is 0 Å². The van der Waals surface area contributed by atoms with Crippen LogP contribution in [0.1, 0.15) is 39.3 Å². The molecule has 5 nitrogen and oxygen atoms in total. The first-order valence-electron chi connectivity index (χ1n) is 6.58. The van der Waals surface area contributed by atoms with E-state index in [9.17, 15) is 8.78 Å². The van der Waals surface area contributed by atoms with Crippen molar-refractivity contribution in [1.29, 1.82) is 0 Å². The highest BCUT2D eigenvalue weighted by molar-refractivity contribution is 5.79. The van der Waals surface area contributed by atoms with E-state index in [0.29, 0.717) is 18.4 Å². The Bertz CT molecular complexity index is 438. The van der Waals surface area contributed by atoms with Crippen molar-refractivity contribution >= 4 is 5.96 Å². The summed E-state index contributed by atoms with van der Waals surface area (Å²) in [5.41, 5.74) is -0.118. The summed E-state index contributed by atoms with van der Waals surface area (Å²) >= 11 is 0. The van der Waals surface area contributed by atoms with Crippen LogP contribution in [-0.2, 0) is 12.0 Å². The quantitative estimate of drug-likeness (QED) is 0.644. The third-order valence-electron chi connectivity index (χ3n) is 2.43. The molecule has 0 spiro atoms. The Balaban J connectivity index is 2.64. The first kappa shape index (κ1) is 16.4. The molecule has 0 unspecified atom stereocenters. The third-order valence-corrected chi connectivity index (χ3v) is 2.43. The summed E-state index contributed by atoms with van der Waals surface area (Å²) < 4.78 is 29.9. The highest BCUT2D eigenvalue weighted by Gasteiger charge is 2.19. The fourth-order valence-corrected chi connectivity index (χ4v) is 1.39. The van der Waals surface area contributed by atoms with E-state index in [0.717, 1.165) is 5.76 Å². The molecule has 0 bridgehead atoms. The molecule has 0 aromatic carbocycles. The summed E-state index contributed by atoms with van der Waals surface area (Å²) in [5.74, 6) is 1.56. The van der Waals surface area contributed by atoms with Crippen LogP contribution in [0.4, 0.5) is 8.78 Å². The first-order valence-corrected chi connectivity index (χ1v) is 6.58. The molecule has 0 aliphatic rings. The largest absolute Gasteiger partial charge is 0.443 e. The number of hydrogen-bond donors (Lipinski definition) is 2. The highest BCUT2D eigenvalue weighted by atomic mass is 19.3. The van der Waals surface area contributed by atoms with Gasteiger partial charge in [0.15, 0.2) is 5.96 Å². The van der Waals surface area contributed by atoms with Gasteiger partial charge in [-0.2, -0.15) is 0 Å². The second-order valence-corrected chi connectivity index (χ2v) is 5.34. The van der Waals surface area contributed by atoms with Crippen molar-refractivity contribution in [2.24, 2.45) is 4.99 Å². The zero-order valence-corrected chi connectivity index (χ0v) is 12.3. The van der Waals surface area contributed by atoms with Crippen LogP contribution in [-0.4, -0.2) is 30.5 Å². The number of halogens is 2. The van der Waals surface area contributed by atoms with Gasteiger partial charge >= 0.3 is 0 Å². The Hall–Kier alpha value is -1.66. The van der Waals surface area contributed by atoms with Crippen molar-refractivity contribution in [2.75, 3.05) is 13.1 Å². The van der Waals surface area contributed by atoms with Crippen molar-refractivity contribution in [3.05, 3.63) is 17.8 Å². The maximum absolute atomic E-state index is 12.2. The van der Waals surface area contributed by atoms with Crippen molar-refractivity contribution in [1.82, 2.24) is 15.6 Å². The van der Waals surface area contributed by atoms with Gasteiger partial charge in [0.1, 0.15) is 12.3 Å². The van der Waals surface area contributed by atoms with E-state index in [1.807, 2.05) is 27.7 Å². The SMILES string of the molecule is CCNC(=NCc1ncc(C(C)(C)C)o1)NCC(F)F. The molecular formula is C13H22F2N4O. The van der Waals surface area contributed by atoms with Crippen molar-refractivity contribution in [3.63, 3.8) is 0 Å². The molecule has 0 fully saturated rings. The molecule has 0 radical (unpaired) electrons. The Morgan fingerprint density at radius 1 is 1.40 bits per heavy atom. The van der Waals surface area contributed by atoms with Crippen LogP contribution in [0.15, 0.2) is 15.6 Å². The van der Waals surface area contributed by atoms with Crippen LogP contribution in [0.25, 0.3) is 0 Å². The number of nitrogens with one attached hydrogen (secondary N) is 2. The lowest BCUT2D eigenvalue weighted by molar-refractivity contribution is 0.152. The van der Waals surface area contributed by atoms with E-state index < -0.39 is 13.0 Å². The summed E-state index contributed by atoms with van der Waals surface area (Å²) in [5, 5.41) is 5.43. The second kappa shape index (κ2) is 7.21. The molecule has 1 aromatic rings. The van der Waals surface area contributed by atoms with Gasteiger partial charge in [-0.15, -0.1) is 0 Å². The van der Waals surface area contributed by atoms with Crippen LogP contribution in [0, 0.1) is 0 Å². The molecule has 1 aromatic heterocycles. The molecule has 0 aliphatic carbocycles. The fraction of sp³-hybridized carbons (Fsp3) is 0.692. The van der Waals surface area contributed by atoms with E-state index >= 15 is 0 Å². The average Bonchev–Trinajstić information content (AvgIpc) is 2.81. The number of rotatable bonds is 5. The van der Waals surface area contributed by atoms with Crippen LogP contribution >= 0.6 is 0 Å². The van der Waals surface area contributed by atoms with E-state index in [2.05, 4.69) is 20.6 Å². The van der Waals surface area contributed by atoms with Gasteiger partial charge in [-0.1, -0.05) is 20.8 Å². The van der Waals surface area contributed by atoms with Gasteiger partial charge in [0.25, 0.3) is 6.43 Å². The topological polar surface area (TPSA) is 62.5 Å². The molecular weight excluding hydrogens is 266 g/mol. The number of alkyl halides is 2. The fourth-order valence-electron chi connectivity index (χ4n) is 1.39. The van der Waals surface area contributed by atoms with Crippen LogP contribution in [0.2, 0.25) is 0 Å². The zero-order valence-electron chi connectivity index (χ0n) is 12.3. The van der Waals surface area contributed by atoms with Gasteiger partial charge in [0.05, 0.1) is 12.7 Å². The number of hydrogen-bond acceptors (Lipinski definition) is 3. The summed E-state index contributed by atoms with van der Waals surface area (Å²) in [6.45, 7) is 8.29. The lowest BCUT2D eigenvalue weighted by atomic mass is 9.94. The normalized spacial score (nSPS) is 12.8. The lowest BCUT2D eigenvalue weighted by Crippen LogP contribution is -2.39. The minimum absolute atomic E-state index is 0.118. The summed E-state index contributed by atoms with van der Waals surface area (Å²) in [6, 6.07) is 0. The Labute approximate surface area is 117 Å². The molecule has 20 heavy (non-hydrogen) atoms. The van der Waals surface area contributed by atoms with E-state index in [4.69, 9.17) is 4.42 Å². The van der Waals surface area contributed by atoms with E-state index in [1.54, 1.807) is 6.20 Å². The van der Waals surface area contributed by atoms with Crippen molar-refractivity contribution in [3.8, 4) is 0 Å². The summed E-state index contributed by atoms with van der Waals surface area (Å²) in [4.78, 5) is 8.29. The zero-order chi connectivity index (χ0) is 15.2. The van der Waals surface area contributed by atoms with Crippen molar-refractivity contribution in [2.45, 2.75) is 46.1 Å². The predicted octanol–water partition coefficient (Wildman–Crippen LogP) is 2.29. The Kier molecular flexibility index (Phi) is 5.91. The molecule has 0 saturated carbocycles. The minimum atomic E-state index is -2.42. The maximum Gasteiger partial charge on any atom is 0.255 e. The molecule has 0 aliphatic heterocycles. The third kappa shape index (κ3) is 5.54. The molecule has 0 saturated heterocycles. The smallest absolute Gasteiger partial charge is 0.255 e. The number of guanidine groups is 1.